The summed E-state index contributed by atoms with van der Waals surface area (Å²) in [6.45, 7) is 0. The minimum absolute atomic E-state index is 0.209. The van der Waals surface area contributed by atoms with Crippen LogP contribution in [-0.4, -0.2) is 11.0 Å². The lowest BCUT2D eigenvalue weighted by molar-refractivity contribution is -0.115. The lowest BCUT2D eigenvalue weighted by Crippen LogP contribution is -2.32. The van der Waals surface area contributed by atoms with Crippen molar-refractivity contribution in [1.29, 1.82) is 5.26 Å². The Balaban J connectivity index is 1.86. The minimum atomic E-state index is -0.297. The molecule has 0 aliphatic rings. The van der Waals surface area contributed by atoms with Crippen LogP contribution in [0.2, 0.25) is 0 Å². The Morgan fingerprint density at radius 3 is 2.67 bits per heavy atom. The fourth-order valence-corrected chi connectivity index (χ4v) is 2.32. The number of nitrogens with zero attached hydrogens (tertiary/aromatic N) is 1. The zero-order valence-electron chi connectivity index (χ0n) is 10.9. The highest BCUT2D eigenvalue weighted by molar-refractivity contribution is 7.80. The van der Waals surface area contributed by atoms with Gasteiger partial charge in [0.2, 0.25) is 5.91 Å². The maximum Gasteiger partial charge on any atom is 0.250 e. The number of benzene rings is 1. The van der Waals surface area contributed by atoms with E-state index in [4.69, 9.17) is 17.5 Å². The fraction of sp³-hybridized carbons (Fsp3) is 0. The van der Waals surface area contributed by atoms with Crippen LogP contribution in [0.5, 0.6) is 0 Å². The molecule has 0 radical (unpaired) electrons. The molecule has 1 aromatic carbocycles. The average Bonchev–Trinajstić information content (AvgIpc) is 2.99. The van der Waals surface area contributed by atoms with Gasteiger partial charge >= 0.3 is 0 Å². The van der Waals surface area contributed by atoms with E-state index in [2.05, 4.69) is 10.6 Å². The van der Waals surface area contributed by atoms with Crippen molar-refractivity contribution in [2.75, 3.05) is 5.32 Å². The summed E-state index contributed by atoms with van der Waals surface area (Å²) in [6, 6.07) is 12.6. The molecule has 0 bridgehead atoms. The summed E-state index contributed by atoms with van der Waals surface area (Å²) in [5.41, 5.74) is 1.27. The van der Waals surface area contributed by atoms with Gasteiger partial charge in [0.15, 0.2) is 5.11 Å². The topological polar surface area (TPSA) is 64.9 Å². The molecule has 4 nitrogen and oxygen atoms in total. The number of thiophene rings is 1. The number of rotatable bonds is 3. The Hall–Kier alpha value is -2.49. The first-order valence-electron chi connectivity index (χ1n) is 6.01. The Labute approximate surface area is 131 Å². The standard InChI is InChI=1S/C15H11N3OS2/c16-10-11-3-5-12(6-4-11)17-15(20)18-14(19)8-7-13-2-1-9-21-13/h1-9H,(H2,17,18,19,20). The predicted molar refractivity (Wildman–Crippen MR) is 88.9 cm³/mol. The van der Waals surface area contributed by atoms with Crippen LogP contribution in [0.4, 0.5) is 5.69 Å². The van der Waals surface area contributed by atoms with Crippen LogP contribution < -0.4 is 10.6 Å². The number of nitriles is 1. The maximum atomic E-state index is 11.7. The third-order valence-corrected chi connectivity index (χ3v) is 3.49. The number of carbonyl (C=O) groups excluding carboxylic acids is 1. The van der Waals surface area contributed by atoms with Gasteiger partial charge in [0.05, 0.1) is 11.6 Å². The van der Waals surface area contributed by atoms with Crippen LogP contribution in [0.3, 0.4) is 0 Å². The monoisotopic (exact) mass is 313 g/mol. The zero-order chi connectivity index (χ0) is 15.1. The van der Waals surface area contributed by atoms with E-state index >= 15 is 0 Å². The summed E-state index contributed by atoms with van der Waals surface area (Å²) < 4.78 is 0. The maximum absolute atomic E-state index is 11.7. The number of nitrogens with one attached hydrogen (secondary N) is 2. The van der Waals surface area contributed by atoms with Gasteiger partial charge in [-0.05, 0) is 54.0 Å². The first-order chi connectivity index (χ1) is 10.2. The highest BCUT2D eigenvalue weighted by Crippen LogP contribution is 2.10. The first-order valence-corrected chi connectivity index (χ1v) is 7.30. The third-order valence-electron chi connectivity index (χ3n) is 2.45. The summed E-state index contributed by atoms with van der Waals surface area (Å²) in [4.78, 5) is 12.7. The number of hydrogen-bond donors (Lipinski definition) is 2. The zero-order valence-corrected chi connectivity index (χ0v) is 12.5. The van der Waals surface area contributed by atoms with E-state index in [0.29, 0.717) is 11.3 Å². The first kappa shape index (κ1) is 14.9. The van der Waals surface area contributed by atoms with Crippen molar-refractivity contribution in [2.24, 2.45) is 0 Å². The molecule has 21 heavy (non-hydrogen) atoms. The molecule has 2 rings (SSSR count). The molecule has 0 atom stereocenters. The van der Waals surface area contributed by atoms with E-state index in [1.165, 1.54) is 6.08 Å². The van der Waals surface area contributed by atoms with Crippen molar-refractivity contribution in [3.05, 3.63) is 58.3 Å². The predicted octanol–water partition coefficient (Wildman–Crippen LogP) is 3.15. The molecular weight excluding hydrogens is 302 g/mol. The SMILES string of the molecule is N#Cc1ccc(NC(=S)NC(=O)C=Cc2cccs2)cc1. The quantitative estimate of drug-likeness (QED) is 0.675. The van der Waals surface area contributed by atoms with Crippen LogP contribution >= 0.6 is 23.6 Å². The summed E-state index contributed by atoms with van der Waals surface area (Å²) in [5.74, 6) is -0.297. The molecule has 0 spiro atoms. The molecule has 1 heterocycles. The highest BCUT2D eigenvalue weighted by atomic mass is 32.1. The lowest BCUT2D eigenvalue weighted by Gasteiger charge is -2.07. The number of anilines is 1. The second-order valence-electron chi connectivity index (χ2n) is 3.98. The normalized spacial score (nSPS) is 10.0. The molecule has 0 fully saturated rings. The van der Waals surface area contributed by atoms with E-state index in [1.807, 2.05) is 23.6 Å². The fourth-order valence-electron chi connectivity index (χ4n) is 1.49. The Morgan fingerprint density at radius 1 is 1.29 bits per heavy atom. The van der Waals surface area contributed by atoms with Gasteiger partial charge in [0, 0.05) is 16.6 Å². The molecule has 1 amide bonds. The smallest absolute Gasteiger partial charge is 0.250 e. The summed E-state index contributed by atoms with van der Waals surface area (Å²) >= 11 is 6.60. The molecule has 2 N–H and O–H groups in total. The summed E-state index contributed by atoms with van der Waals surface area (Å²) in [7, 11) is 0. The molecule has 0 saturated carbocycles. The third kappa shape index (κ3) is 4.84. The summed E-state index contributed by atoms with van der Waals surface area (Å²) in [5, 5.41) is 16.3. The van der Waals surface area contributed by atoms with Crippen molar-refractivity contribution in [3.63, 3.8) is 0 Å². The highest BCUT2D eigenvalue weighted by Gasteiger charge is 2.01. The van der Waals surface area contributed by atoms with Gasteiger partial charge in [0.1, 0.15) is 0 Å². The van der Waals surface area contributed by atoms with E-state index in [9.17, 15) is 4.79 Å². The lowest BCUT2D eigenvalue weighted by atomic mass is 10.2. The van der Waals surface area contributed by atoms with Crippen molar-refractivity contribution in [2.45, 2.75) is 0 Å². The number of thiocarbonyl (C=S) groups is 1. The van der Waals surface area contributed by atoms with Gasteiger partial charge in [-0.2, -0.15) is 5.26 Å². The number of amides is 1. The van der Waals surface area contributed by atoms with Crippen molar-refractivity contribution < 1.29 is 4.79 Å². The molecule has 0 unspecified atom stereocenters. The van der Waals surface area contributed by atoms with Crippen molar-refractivity contribution in [3.8, 4) is 6.07 Å². The van der Waals surface area contributed by atoms with Gasteiger partial charge in [0.25, 0.3) is 0 Å². The van der Waals surface area contributed by atoms with Gasteiger partial charge in [-0.25, -0.2) is 0 Å². The Kier molecular flexibility index (Phi) is 5.21. The molecule has 0 saturated heterocycles. The Morgan fingerprint density at radius 2 is 2.05 bits per heavy atom. The van der Waals surface area contributed by atoms with Crippen molar-refractivity contribution >= 4 is 46.3 Å². The largest absolute Gasteiger partial charge is 0.332 e. The average molecular weight is 313 g/mol. The summed E-state index contributed by atoms with van der Waals surface area (Å²) in [6.07, 6.45) is 3.16. The van der Waals surface area contributed by atoms with E-state index in [-0.39, 0.29) is 11.0 Å². The minimum Gasteiger partial charge on any atom is -0.332 e. The van der Waals surface area contributed by atoms with E-state index < -0.39 is 0 Å². The Bertz CT molecular complexity index is 698. The van der Waals surface area contributed by atoms with Gasteiger partial charge in [-0.3, -0.25) is 10.1 Å². The van der Waals surface area contributed by atoms with Crippen LogP contribution in [0.15, 0.2) is 47.9 Å². The van der Waals surface area contributed by atoms with E-state index in [0.717, 1.165) is 4.88 Å². The van der Waals surface area contributed by atoms with E-state index in [1.54, 1.807) is 41.7 Å². The molecule has 0 aliphatic heterocycles. The molecular formula is C15H11N3OS2. The number of hydrogen-bond acceptors (Lipinski definition) is 4. The molecule has 0 aliphatic carbocycles. The second-order valence-corrected chi connectivity index (χ2v) is 5.37. The second kappa shape index (κ2) is 7.33. The molecule has 2 aromatic rings. The van der Waals surface area contributed by atoms with Crippen molar-refractivity contribution in [1.82, 2.24) is 5.32 Å². The van der Waals surface area contributed by atoms with Crippen LogP contribution in [0.25, 0.3) is 6.08 Å². The van der Waals surface area contributed by atoms with Crippen LogP contribution in [0.1, 0.15) is 10.4 Å². The molecule has 6 heteroatoms. The molecule has 1 aromatic heterocycles. The van der Waals surface area contributed by atoms with Gasteiger partial charge in [-0.15, -0.1) is 11.3 Å². The molecule has 104 valence electrons. The number of carbonyl (C=O) groups is 1. The van der Waals surface area contributed by atoms with Gasteiger partial charge in [-0.1, -0.05) is 6.07 Å². The van der Waals surface area contributed by atoms with Crippen LogP contribution in [0, 0.1) is 11.3 Å². The van der Waals surface area contributed by atoms with Gasteiger partial charge < -0.3 is 5.32 Å². The van der Waals surface area contributed by atoms with Crippen LogP contribution in [-0.2, 0) is 4.79 Å².